The third kappa shape index (κ3) is 5.44. The number of aliphatic hydroxyl groups is 1. The minimum atomic E-state index is -4.56. The number of carbonyl (C=O) groups is 1. The molecule has 2 N–H and O–H groups in total. The summed E-state index contributed by atoms with van der Waals surface area (Å²) in [5, 5.41) is 12.7. The molecule has 0 atom stereocenters. The topological polar surface area (TPSA) is 83.8 Å². The number of carbonyl (C=O) groups excluding carboxylic acids is 1. The number of nitrogens with zero attached hydrogens (tertiary/aromatic N) is 2. The number of nitrogens with one attached hydrogen (secondary N) is 1. The Morgan fingerprint density at radius 3 is 2.70 bits per heavy atom. The molecule has 0 radical (unpaired) electrons. The highest BCUT2D eigenvalue weighted by Crippen LogP contribution is 2.32. The number of allylic oxidation sites excluding steroid dienone is 1. The van der Waals surface area contributed by atoms with Crippen LogP contribution in [0.25, 0.3) is 0 Å². The molecular formula is C13H13ClF3N3O3. The quantitative estimate of drug-likeness (QED) is 0.279. The zero-order valence-corrected chi connectivity index (χ0v) is 12.9. The number of aromatic nitrogens is 1. The van der Waals surface area contributed by atoms with Crippen LogP contribution in [-0.2, 0) is 15.7 Å². The highest BCUT2D eigenvalue weighted by atomic mass is 35.5. The molecule has 1 rings (SSSR count). The van der Waals surface area contributed by atoms with Crippen molar-refractivity contribution in [2.75, 3.05) is 12.0 Å². The van der Waals surface area contributed by atoms with Crippen LogP contribution in [0.3, 0.4) is 0 Å². The SMILES string of the molecule is CCOC(=O)C(/C=N/Nc1ncc(C(F)(F)F)cc1Cl)=C(\C)O. The van der Waals surface area contributed by atoms with E-state index in [1.165, 1.54) is 6.92 Å². The van der Waals surface area contributed by atoms with E-state index in [0.29, 0.717) is 12.3 Å². The maximum Gasteiger partial charge on any atom is 0.417 e. The molecular weight excluding hydrogens is 339 g/mol. The number of hydrogen-bond acceptors (Lipinski definition) is 6. The van der Waals surface area contributed by atoms with Crippen LogP contribution >= 0.6 is 11.6 Å². The number of halogens is 4. The number of aliphatic hydroxyl groups excluding tert-OH is 1. The van der Waals surface area contributed by atoms with Gasteiger partial charge in [0.25, 0.3) is 0 Å². The normalized spacial score (nSPS) is 13.0. The average Bonchev–Trinajstić information content (AvgIpc) is 2.43. The largest absolute Gasteiger partial charge is 0.512 e. The van der Waals surface area contributed by atoms with Gasteiger partial charge in [0.2, 0.25) is 0 Å². The molecule has 0 amide bonds. The molecule has 0 fully saturated rings. The van der Waals surface area contributed by atoms with Crippen molar-refractivity contribution in [2.45, 2.75) is 20.0 Å². The second-order valence-electron chi connectivity index (χ2n) is 4.14. The van der Waals surface area contributed by atoms with Crippen LogP contribution in [0.5, 0.6) is 0 Å². The van der Waals surface area contributed by atoms with Gasteiger partial charge in [-0.25, -0.2) is 9.78 Å². The summed E-state index contributed by atoms with van der Waals surface area (Å²) in [5.41, 5.74) is 1.06. The lowest BCUT2D eigenvalue weighted by molar-refractivity contribution is -0.138. The number of hydrogen-bond donors (Lipinski definition) is 2. The Kier molecular flexibility index (Phi) is 6.38. The maximum atomic E-state index is 12.5. The smallest absolute Gasteiger partial charge is 0.417 e. The summed E-state index contributed by atoms with van der Waals surface area (Å²) >= 11 is 5.67. The molecule has 126 valence electrons. The van der Waals surface area contributed by atoms with E-state index in [4.69, 9.17) is 16.3 Å². The fourth-order valence-corrected chi connectivity index (χ4v) is 1.54. The number of alkyl halides is 3. The van der Waals surface area contributed by atoms with E-state index in [1.54, 1.807) is 6.92 Å². The Balaban J connectivity index is 2.89. The molecule has 1 heterocycles. The molecule has 10 heteroatoms. The van der Waals surface area contributed by atoms with Crippen molar-refractivity contribution in [3.63, 3.8) is 0 Å². The van der Waals surface area contributed by atoms with Crippen LogP contribution in [0.4, 0.5) is 19.0 Å². The summed E-state index contributed by atoms with van der Waals surface area (Å²) < 4.78 is 42.1. The standard InChI is InChI=1S/C13H13ClF3N3O3/c1-3-23-12(22)9(7(2)21)6-19-20-11-10(14)4-8(5-18-11)13(15,16)17/h4-6,21H,3H2,1-2H3,(H,18,20)/b9-7+,19-6+. The fourth-order valence-electron chi connectivity index (χ4n) is 1.34. The van der Waals surface area contributed by atoms with Gasteiger partial charge in [-0.05, 0) is 19.9 Å². The predicted molar refractivity (Wildman–Crippen MR) is 78.3 cm³/mol. The van der Waals surface area contributed by atoms with Crippen molar-refractivity contribution in [1.29, 1.82) is 0 Å². The average molecular weight is 352 g/mol. The summed E-state index contributed by atoms with van der Waals surface area (Å²) in [6, 6.07) is 0.686. The first kappa shape index (κ1) is 18.8. The number of ether oxygens (including phenoxy) is 1. The molecule has 0 aromatic carbocycles. The molecule has 0 saturated carbocycles. The lowest BCUT2D eigenvalue weighted by Crippen LogP contribution is -2.11. The summed E-state index contributed by atoms with van der Waals surface area (Å²) in [4.78, 5) is 15.0. The zero-order valence-electron chi connectivity index (χ0n) is 12.1. The summed E-state index contributed by atoms with van der Waals surface area (Å²) in [6.45, 7) is 2.94. The number of anilines is 1. The van der Waals surface area contributed by atoms with Crippen LogP contribution in [-0.4, -0.2) is 28.9 Å². The monoisotopic (exact) mass is 351 g/mol. The van der Waals surface area contributed by atoms with E-state index in [-0.39, 0.29) is 28.8 Å². The Hall–Kier alpha value is -2.29. The second kappa shape index (κ2) is 7.82. The van der Waals surface area contributed by atoms with E-state index in [2.05, 4.69) is 15.5 Å². The van der Waals surface area contributed by atoms with E-state index in [1.807, 2.05) is 0 Å². The first-order chi connectivity index (χ1) is 10.7. The Morgan fingerprint density at radius 1 is 1.57 bits per heavy atom. The van der Waals surface area contributed by atoms with Crippen molar-refractivity contribution in [3.8, 4) is 0 Å². The third-order valence-corrected chi connectivity index (χ3v) is 2.71. The first-order valence-corrected chi connectivity index (χ1v) is 6.63. The predicted octanol–water partition coefficient (Wildman–Crippen LogP) is 3.55. The van der Waals surface area contributed by atoms with Crippen molar-refractivity contribution in [2.24, 2.45) is 5.10 Å². The van der Waals surface area contributed by atoms with Crippen LogP contribution in [0.2, 0.25) is 5.02 Å². The van der Waals surface area contributed by atoms with Gasteiger partial charge in [0.1, 0.15) is 11.3 Å². The number of pyridine rings is 1. The van der Waals surface area contributed by atoms with Gasteiger partial charge >= 0.3 is 12.1 Å². The van der Waals surface area contributed by atoms with E-state index >= 15 is 0 Å². The van der Waals surface area contributed by atoms with Crippen LogP contribution in [0.1, 0.15) is 19.4 Å². The highest BCUT2D eigenvalue weighted by molar-refractivity contribution is 6.33. The van der Waals surface area contributed by atoms with Gasteiger partial charge in [-0.1, -0.05) is 11.6 Å². The minimum Gasteiger partial charge on any atom is -0.512 e. The Morgan fingerprint density at radius 2 is 2.22 bits per heavy atom. The minimum absolute atomic E-state index is 0.100. The number of hydrazone groups is 1. The van der Waals surface area contributed by atoms with E-state index in [9.17, 15) is 23.1 Å². The van der Waals surface area contributed by atoms with Gasteiger partial charge < -0.3 is 9.84 Å². The Labute approximate surface area is 134 Å². The second-order valence-corrected chi connectivity index (χ2v) is 4.55. The van der Waals surface area contributed by atoms with Crippen LogP contribution < -0.4 is 5.43 Å². The maximum absolute atomic E-state index is 12.5. The molecule has 0 bridgehead atoms. The summed E-state index contributed by atoms with van der Waals surface area (Å²) in [5.74, 6) is -1.28. The van der Waals surface area contributed by atoms with Gasteiger partial charge in [0.05, 0.1) is 23.4 Å². The first-order valence-electron chi connectivity index (χ1n) is 6.25. The van der Waals surface area contributed by atoms with E-state index < -0.39 is 17.7 Å². The van der Waals surface area contributed by atoms with Gasteiger partial charge in [-0.2, -0.15) is 18.3 Å². The fraction of sp³-hybridized carbons (Fsp3) is 0.308. The molecule has 1 aromatic heterocycles. The molecule has 0 saturated heterocycles. The molecule has 0 aliphatic rings. The number of esters is 1. The van der Waals surface area contributed by atoms with Crippen molar-refractivity contribution in [3.05, 3.63) is 34.2 Å². The molecule has 23 heavy (non-hydrogen) atoms. The van der Waals surface area contributed by atoms with Gasteiger partial charge in [-0.3, -0.25) is 5.43 Å². The molecule has 1 aromatic rings. The van der Waals surface area contributed by atoms with E-state index in [0.717, 1.165) is 6.21 Å². The third-order valence-electron chi connectivity index (χ3n) is 2.42. The highest BCUT2D eigenvalue weighted by Gasteiger charge is 2.31. The summed E-state index contributed by atoms with van der Waals surface area (Å²) in [6.07, 6.45) is -3.03. The molecule has 0 aliphatic heterocycles. The van der Waals surface area contributed by atoms with Gasteiger partial charge in [-0.15, -0.1) is 0 Å². The summed E-state index contributed by atoms with van der Waals surface area (Å²) in [7, 11) is 0. The molecule has 0 aliphatic carbocycles. The lowest BCUT2D eigenvalue weighted by atomic mass is 10.2. The van der Waals surface area contributed by atoms with Crippen LogP contribution in [0, 0.1) is 0 Å². The lowest BCUT2D eigenvalue weighted by Gasteiger charge is -2.08. The van der Waals surface area contributed by atoms with Crippen molar-refractivity contribution >= 4 is 29.6 Å². The van der Waals surface area contributed by atoms with Crippen molar-refractivity contribution < 1.29 is 27.8 Å². The van der Waals surface area contributed by atoms with Gasteiger partial charge in [0, 0.05) is 6.20 Å². The van der Waals surface area contributed by atoms with Crippen LogP contribution in [0.15, 0.2) is 28.7 Å². The molecule has 6 nitrogen and oxygen atoms in total. The Bertz CT molecular complexity index is 641. The van der Waals surface area contributed by atoms with Crippen molar-refractivity contribution in [1.82, 2.24) is 4.98 Å². The zero-order chi connectivity index (χ0) is 17.6. The molecule has 0 spiro atoms. The number of rotatable bonds is 5. The van der Waals surface area contributed by atoms with Gasteiger partial charge in [0.15, 0.2) is 5.82 Å². The molecule has 0 unspecified atom stereocenters.